The van der Waals surface area contributed by atoms with Crippen LogP contribution in [-0.2, 0) is 4.74 Å². The fraction of sp³-hybridized carbons (Fsp3) is 0.0417. The van der Waals surface area contributed by atoms with Crippen molar-refractivity contribution in [3.05, 3.63) is 106 Å². The maximum absolute atomic E-state index is 12.5. The Morgan fingerprint density at radius 3 is 1.94 bits per heavy atom. The molecule has 170 valence electrons. The normalized spacial score (nSPS) is 17.5. The average molecular weight is 494 g/mol. The molecule has 1 heterocycles. The smallest absolute Gasteiger partial charge is 0.271 e. The van der Waals surface area contributed by atoms with Crippen LogP contribution in [0.5, 0.6) is 0 Å². The van der Waals surface area contributed by atoms with Gasteiger partial charge in [-0.1, -0.05) is 65.7 Å². The third-order valence-electron chi connectivity index (χ3n) is 4.81. The van der Waals surface area contributed by atoms with Crippen LogP contribution in [0.1, 0.15) is 32.4 Å². The molecular weight excluding hydrogens is 477 g/mol. The van der Waals surface area contributed by atoms with Crippen LogP contribution in [0.4, 0.5) is 0 Å². The van der Waals surface area contributed by atoms with E-state index in [1.807, 2.05) is 0 Å². The van der Waals surface area contributed by atoms with E-state index >= 15 is 0 Å². The summed E-state index contributed by atoms with van der Waals surface area (Å²) in [7, 11) is 0. The Kier molecular flexibility index (Phi) is 7.01. The van der Waals surface area contributed by atoms with E-state index in [9.17, 15) is 9.59 Å². The van der Waals surface area contributed by atoms with Gasteiger partial charge in [-0.2, -0.15) is 10.2 Å². The number of halogens is 2. The average Bonchev–Trinajstić information content (AvgIpc) is 3.16. The number of nitrogens with zero attached hydrogens (tertiary/aromatic N) is 2. The van der Waals surface area contributed by atoms with Crippen molar-refractivity contribution < 1.29 is 14.3 Å². The number of hydrogen-bond donors (Lipinski definition) is 3. The molecule has 0 saturated carbocycles. The number of carbonyl (C=O) groups excluding carboxylic acids is 2. The number of benzene rings is 3. The van der Waals surface area contributed by atoms with Gasteiger partial charge in [-0.3, -0.25) is 15.0 Å². The van der Waals surface area contributed by atoms with E-state index in [2.05, 4.69) is 21.1 Å². The van der Waals surface area contributed by atoms with Crippen molar-refractivity contribution in [3.8, 4) is 0 Å². The SMILES string of the molecule is N=C1O[C@H](c2ccc(Cl)cc2Cl)C(=N/NC(=O)c2ccccc2)/C1=N\NC(=O)c1ccccc1. The fourth-order valence-electron chi connectivity index (χ4n) is 3.14. The summed E-state index contributed by atoms with van der Waals surface area (Å²) >= 11 is 12.4. The zero-order valence-electron chi connectivity index (χ0n) is 17.5. The molecule has 0 radical (unpaired) electrons. The maximum Gasteiger partial charge on any atom is 0.271 e. The van der Waals surface area contributed by atoms with Crippen LogP contribution in [0.15, 0.2) is 89.1 Å². The van der Waals surface area contributed by atoms with Gasteiger partial charge in [0.25, 0.3) is 11.8 Å². The summed E-state index contributed by atoms with van der Waals surface area (Å²) in [4.78, 5) is 25.0. The number of ether oxygens (including phenoxy) is 1. The lowest BCUT2D eigenvalue weighted by Gasteiger charge is -2.13. The first-order chi connectivity index (χ1) is 16.4. The van der Waals surface area contributed by atoms with Crippen molar-refractivity contribution in [2.45, 2.75) is 6.10 Å². The standard InChI is InChI=1S/C24H17Cl2N5O3/c25-16-11-12-17(18(26)13-16)21-19(28-30-23(32)14-7-3-1-4-8-14)20(22(27)34-21)29-31-24(33)15-9-5-2-6-10-15/h1-13,21,27H,(H,30,32)(H,31,33)/b27-22?,28-19+,29-20+/t21-/m1/s1. The number of amides is 2. The molecule has 0 unspecified atom stereocenters. The molecule has 0 aliphatic carbocycles. The minimum absolute atomic E-state index is 0.0614. The second-order valence-corrected chi connectivity index (χ2v) is 7.91. The summed E-state index contributed by atoms with van der Waals surface area (Å²) in [6.07, 6.45) is -0.958. The van der Waals surface area contributed by atoms with Gasteiger partial charge >= 0.3 is 0 Å². The molecule has 1 atom stereocenters. The molecule has 1 saturated heterocycles. The van der Waals surface area contributed by atoms with Crippen molar-refractivity contribution >= 4 is 52.3 Å². The molecule has 34 heavy (non-hydrogen) atoms. The summed E-state index contributed by atoms with van der Waals surface area (Å²) in [5, 5.41) is 17.2. The summed E-state index contributed by atoms with van der Waals surface area (Å²) in [5.74, 6) is -1.31. The van der Waals surface area contributed by atoms with Gasteiger partial charge in [-0.15, -0.1) is 0 Å². The number of hydrazone groups is 2. The van der Waals surface area contributed by atoms with Gasteiger partial charge < -0.3 is 4.74 Å². The molecule has 0 bridgehead atoms. The first-order valence-corrected chi connectivity index (χ1v) is 10.8. The van der Waals surface area contributed by atoms with Crippen LogP contribution < -0.4 is 10.9 Å². The minimum atomic E-state index is -0.958. The molecule has 1 aliphatic heterocycles. The van der Waals surface area contributed by atoms with Crippen LogP contribution >= 0.6 is 23.2 Å². The second-order valence-electron chi connectivity index (χ2n) is 7.06. The van der Waals surface area contributed by atoms with Gasteiger partial charge in [0.2, 0.25) is 5.90 Å². The highest BCUT2D eigenvalue weighted by Crippen LogP contribution is 2.33. The summed E-state index contributed by atoms with van der Waals surface area (Å²) in [5.41, 5.74) is 6.10. The molecule has 0 spiro atoms. The van der Waals surface area contributed by atoms with E-state index < -0.39 is 17.9 Å². The third-order valence-corrected chi connectivity index (χ3v) is 5.37. The predicted molar refractivity (Wildman–Crippen MR) is 131 cm³/mol. The molecule has 0 aromatic heterocycles. The highest BCUT2D eigenvalue weighted by molar-refractivity contribution is 6.69. The molecule has 3 aromatic rings. The molecule has 1 fully saturated rings. The van der Waals surface area contributed by atoms with Gasteiger partial charge in [0.1, 0.15) is 5.71 Å². The Morgan fingerprint density at radius 1 is 0.824 bits per heavy atom. The predicted octanol–water partition coefficient (Wildman–Crippen LogP) is 4.61. The van der Waals surface area contributed by atoms with E-state index in [4.69, 9.17) is 33.3 Å². The van der Waals surface area contributed by atoms with E-state index in [1.54, 1.807) is 72.8 Å². The van der Waals surface area contributed by atoms with Crippen molar-refractivity contribution in [2.24, 2.45) is 10.2 Å². The molecule has 4 rings (SSSR count). The van der Waals surface area contributed by atoms with Gasteiger partial charge in [-0.25, -0.2) is 10.9 Å². The molecule has 3 N–H and O–H groups in total. The lowest BCUT2D eigenvalue weighted by atomic mass is 10.0. The van der Waals surface area contributed by atoms with Crippen molar-refractivity contribution in [1.29, 1.82) is 5.41 Å². The van der Waals surface area contributed by atoms with Gasteiger partial charge in [0, 0.05) is 26.7 Å². The molecular formula is C24H17Cl2N5O3. The minimum Gasteiger partial charge on any atom is -0.461 e. The van der Waals surface area contributed by atoms with Crippen LogP contribution in [-0.4, -0.2) is 29.1 Å². The molecule has 10 heteroatoms. The first kappa shape index (κ1) is 23.2. The van der Waals surface area contributed by atoms with Gasteiger partial charge in [0.15, 0.2) is 11.8 Å². The summed E-state index contributed by atoms with van der Waals surface area (Å²) < 4.78 is 5.66. The van der Waals surface area contributed by atoms with Crippen LogP contribution in [0.2, 0.25) is 10.0 Å². The third kappa shape index (κ3) is 5.14. The summed E-state index contributed by atoms with van der Waals surface area (Å²) in [6.45, 7) is 0. The first-order valence-electron chi connectivity index (χ1n) is 10.0. The van der Waals surface area contributed by atoms with Gasteiger partial charge in [-0.05, 0) is 36.4 Å². The number of nitrogens with one attached hydrogen (secondary N) is 3. The van der Waals surface area contributed by atoms with E-state index in [1.165, 1.54) is 6.07 Å². The van der Waals surface area contributed by atoms with E-state index in [0.717, 1.165) is 0 Å². The Morgan fingerprint density at radius 2 is 1.38 bits per heavy atom. The highest BCUT2D eigenvalue weighted by atomic mass is 35.5. The van der Waals surface area contributed by atoms with E-state index in [-0.39, 0.29) is 22.3 Å². The molecule has 3 aromatic carbocycles. The zero-order valence-corrected chi connectivity index (χ0v) is 19.0. The number of rotatable bonds is 5. The van der Waals surface area contributed by atoms with Crippen molar-refractivity contribution in [3.63, 3.8) is 0 Å². The largest absolute Gasteiger partial charge is 0.461 e. The quantitative estimate of drug-likeness (QED) is 0.450. The molecule has 8 nitrogen and oxygen atoms in total. The van der Waals surface area contributed by atoms with E-state index in [0.29, 0.717) is 21.7 Å². The Labute approximate surface area is 204 Å². The Balaban J connectivity index is 1.67. The van der Waals surface area contributed by atoms with Crippen LogP contribution in [0, 0.1) is 5.41 Å². The van der Waals surface area contributed by atoms with Crippen molar-refractivity contribution in [1.82, 2.24) is 10.9 Å². The lowest BCUT2D eigenvalue weighted by molar-refractivity contribution is 0.0946. The zero-order chi connectivity index (χ0) is 24.1. The van der Waals surface area contributed by atoms with Crippen LogP contribution in [0.25, 0.3) is 0 Å². The topological polar surface area (TPSA) is 116 Å². The molecule has 2 amide bonds. The van der Waals surface area contributed by atoms with Crippen LogP contribution in [0.3, 0.4) is 0 Å². The Hall–Kier alpha value is -4.01. The summed E-state index contributed by atoms with van der Waals surface area (Å²) in [6, 6.07) is 21.7. The second kappa shape index (κ2) is 10.3. The number of hydrogen-bond acceptors (Lipinski definition) is 6. The Bertz CT molecular complexity index is 1310. The van der Waals surface area contributed by atoms with Gasteiger partial charge in [0.05, 0.1) is 0 Å². The molecule has 1 aliphatic rings. The fourth-order valence-corrected chi connectivity index (χ4v) is 3.65. The lowest BCUT2D eigenvalue weighted by Crippen LogP contribution is -2.28. The van der Waals surface area contributed by atoms with Crippen molar-refractivity contribution in [2.75, 3.05) is 0 Å². The monoisotopic (exact) mass is 493 g/mol. The highest BCUT2D eigenvalue weighted by Gasteiger charge is 2.38. The maximum atomic E-state index is 12.5. The number of carbonyl (C=O) groups is 2.